The van der Waals surface area contributed by atoms with Gasteiger partial charge in [0, 0.05) is 23.6 Å². The van der Waals surface area contributed by atoms with Crippen molar-refractivity contribution in [3.63, 3.8) is 0 Å². The summed E-state index contributed by atoms with van der Waals surface area (Å²) in [6.45, 7) is 0.245. The van der Waals surface area contributed by atoms with Gasteiger partial charge >= 0.3 is 0 Å². The summed E-state index contributed by atoms with van der Waals surface area (Å²) in [4.78, 5) is 16.1. The van der Waals surface area contributed by atoms with Crippen molar-refractivity contribution in [1.82, 2.24) is 15.0 Å². The lowest BCUT2D eigenvalue weighted by atomic mass is 10.0. The van der Waals surface area contributed by atoms with Crippen LogP contribution in [0.15, 0.2) is 77.8 Å². The maximum absolute atomic E-state index is 13.2. The first-order valence-corrected chi connectivity index (χ1v) is 13.0. The molecular weight excluding hydrogens is 512 g/mol. The third kappa shape index (κ3) is 6.02. The molecule has 4 rings (SSSR count). The summed E-state index contributed by atoms with van der Waals surface area (Å²) in [7, 11) is -4.18. The maximum Gasteiger partial charge on any atom is 0.242 e. The number of halogens is 3. The van der Waals surface area contributed by atoms with Gasteiger partial charge in [0.1, 0.15) is 16.8 Å². The summed E-state index contributed by atoms with van der Waals surface area (Å²) in [5, 5.41) is 3.63. The first-order valence-electron chi connectivity index (χ1n) is 10.8. The summed E-state index contributed by atoms with van der Waals surface area (Å²) in [5.74, 6) is -0.843. The zero-order chi connectivity index (χ0) is 25.0. The summed E-state index contributed by atoms with van der Waals surface area (Å²) < 4.78 is 41.9. The van der Waals surface area contributed by atoms with Gasteiger partial charge in [-0.1, -0.05) is 59.6 Å². The minimum Gasteiger partial charge on any atom is -0.361 e. The van der Waals surface area contributed by atoms with Gasteiger partial charge in [0.2, 0.25) is 15.9 Å². The highest BCUT2D eigenvalue weighted by atomic mass is 35.5. The van der Waals surface area contributed by atoms with Crippen LogP contribution >= 0.6 is 23.2 Å². The van der Waals surface area contributed by atoms with E-state index in [1.165, 1.54) is 30.3 Å². The monoisotopic (exact) mass is 533 g/mol. The number of rotatable bonds is 9. The SMILES string of the molecule is O=C(NCCc1ccc(F)cc1)[C@@H](Cc1c[nH]c2ccccc12)NS(=O)(=O)c1cccc(Cl)c1Cl. The molecule has 182 valence electrons. The Morgan fingerprint density at radius 3 is 2.51 bits per heavy atom. The fourth-order valence-electron chi connectivity index (χ4n) is 3.75. The molecule has 3 aromatic carbocycles. The molecule has 4 aromatic rings. The van der Waals surface area contributed by atoms with E-state index in [9.17, 15) is 17.6 Å². The number of sulfonamides is 1. The number of carbonyl (C=O) groups excluding carboxylic acids is 1. The molecule has 0 spiro atoms. The number of amides is 1. The Morgan fingerprint density at radius 1 is 1.00 bits per heavy atom. The van der Waals surface area contributed by atoms with E-state index in [-0.39, 0.29) is 33.7 Å². The predicted octanol–water partition coefficient (Wildman–Crippen LogP) is 4.86. The smallest absolute Gasteiger partial charge is 0.242 e. The van der Waals surface area contributed by atoms with Crippen LogP contribution in [-0.2, 0) is 27.7 Å². The molecule has 6 nitrogen and oxygen atoms in total. The van der Waals surface area contributed by atoms with Crippen LogP contribution in [0.5, 0.6) is 0 Å². The van der Waals surface area contributed by atoms with Gasteiger partial charge in [-0.05, 0) is 54.3 Å². The van der Waals surface area contributed by atoms with Crippen LogP contribution in [0.4, 0.5) is 4.39 Å². The normalized spacial score (nSPS) is 12.5. The van der Waals surface area contributed by atoms with Crippen LogP contribution in [0, 0.1) is 5.82 Å². The molecular formula is C25H22Cl2FN3O3S. The zero-order valence-electron chi connectivity index (χ0n) is 18.4. The number of para-hydroxylation sites is 1. The number of nitrogens with one attached hydrogen (secondary N) is 3. The Bertz CT molecular complexity index is 1460. The van der Waals surface area contributed by atoms with Gasteiger partial charge in [-0.15, -0.1) is 0 Å². The van der Waals surface area contributed by atoms with Crippen molar-refractivity contribution in [2.24, 2.45) is 0 Å². The molecule has 0 bridgehead atoms. The van der Waals surface area contributed by atoms with Crippen LogP contribution in [0.25, 0.3) is 10.9 Å². The largest absolute Gasteiger partial charge is 0.361 e. The number of aromatic nitrogens is 1. The van der Waals surface area contributed by atoms with E-state index >= 15 is 0 Å². The minimum atomic E-state index is -4.18. The average Bonchev–Trinajstić information content (AvgIpc) is 3.24. The fourth-order valence-corrected chi connectivity index (χ4v) is 5.71. The van der Waals surface area contributed by atoms with Gasteiger partial charge in [0.25, 0.3) is 0 Å². The topological polar surface area (TPSA) is 91.1 Å². The third-order valence-corrected chi connectivity index (χ3v) is 7.99. The summed E-state index contributed by atoms with van der Waals surface area (Å²) in [5.41, 5.74) is 2.49. The lowest BCUT2D eigenvalue weighted by Gasteiger charge is -2.19. The van der Waals surface area contributed by atoms with Gasteiger partial charge < -0.3 is 10.3 Å². The van der Waals surface area contributed by atoms with Gasteiger partial charge in [0.15, 0.2) is 0 Å². The Balaban J connectivity index is 1.56. The highest BCUT2D eigenvalue weighted by molar-refractivity contribution is 7.89. The van der Waals surface area contributed by atoms with Gasteiger partial charge in [-0.3, -0.25) is 4.79 Å². The fraction of sp³-hybridized carbons (Fsp3) is 0.160. The van der Waals surface area contributed by atoms with E-state index in [4.69, 9.17) is 23.2 Å². The highest BCUT2D eigenvalue weighted by Gasteiger charge is 2.28. The molecule has 0 fully saturated rings. The second kappa shape index (κ2) is 10.8. The van der Waals surface area contributed by atoms with Crippen LogP contribution < -0.4 is 10.0 Å². The van der Waals surface area contributed by atoms with Crippen molar-refractivity contribution >= 4 is 50.0 Å². The molecule has 0 aliphatic carbocycles. The Morgan fingerprint density at radius 2 is 1.74 bits per heavy atom. The predicted molar refractivity (Wildman–Crippen MR) is 136 cm³/mol. The van der Waals surface area contributed by atoms with Crippen LogP contribution in [0.3, 0.4) is 0 Å². The summed E-state index contributed by atoms with van der Waals surface area (Å²) in [6, 6.07) is 16.7. The van der Waals surface area contributed by atoms with Crippen molar-refractivity contribution in [3.05, 3.63) is 99.9 Å². The van der Waals surface area contributed by atoms with Crippen molar-refractivity contribution in [3.8, 4) is 0 Å². The number of aromatic amines is 1. The molecule has 1 amide bonds. The van der Waals surface area contributed by atoms with Crippen LogP contribution in [-0.4, -0.2) is 31.9 Å². The molecule has 1 heterocycles. The number of fused-ring (bicyclic) bond motifs is 1. The van der Waals surface area contributed by atoms with E-state index in [2.05, 4.69) is 15.0 Å². The number of benzene rings is 3. The van der Waals surface area contributed by atoms with Crippen molar-refractivity contribution in [1.29, 1.82) is 0 Å². The molecule has 0 aliphatic heterocycles. The van der Waals surface area contributed by atoms with Gasteiger partial charge in [-0.2, -0.15) is 4.72 Å². The standard InChI is InChI=1S/C25H22Cl2FN3O3S/c26-20-5-3-7-23(24(20)27)35(33,34)31-22(14-17-15-30-21-6-2-1-4-19(17)21)25(32)29-13-12-16-8-10-18(28)11-9-16/h1-11,15,22,30-31H,12-14H2,(H,29,32)/t22-/m1/s1. The third-order valence-electron chi connectivity index (χ3n) is 5.54. The molecule has 0 saturated heterocycles. The van der Waals surface area contributed by atoms with E-state index in [0.29, 0.717) is 6.42 Å². The molecule has 0 radical (unpaired) electrons. The van der Waals surface area contributed by atoms with Crippen molar-refractivity contribution in [2.45, 2.75) is 23.8 Å². The molecule has 3 N–H and O–H groups in total. The number of hydrogen-bond donors (Lipinski definition) is 3. The molecule has 0 saturated carbocycles. The highest BCUT2D eigenvalue weighted by Crippen LogP contribution is 2.29. The van der Waals surface area contributed by atoms with E-state index in [0.717, 1.165) is 22.0 Å². The quantitative estimate of drug-likeness (QED) is 0.287. The summed E-state index contributed by atoms with van der Waals surface area (Å²) in [6.07, 6.45) is 2.31. The Labute approximate surface area is 212 Å². The number of carbonyl (C=O) groups is 1. The first-order chi connectivity index (χ1) is 16.7. The number of hydrogen-bond acceptors (Lipinski definition) is 3. The molecule has 35 heavy (non-hydrogen) atoms. The molecule has 10 heteroatoms. The molecule has 1 atom stereocenters. The van der Waals surface area contributed by atoms with Gasteiger partial charge in [0.05, 0.1) is 10.0 Å². The molecule has 0 unspecified atom stereocenters. The van der Waals surface area contributed by atoms with E-state index in [1.54, 1.807) is 18.3 Å². The van der Waals surface area contributed by atoms with Crippen LogP contribution in [0.2, 0.25) is 10.0 Å². The minimum absolute atomic E-state index is 0.0893. The summed E-state index contributed by atoms with van der Waals surface area (Å²) >= 11 is 12.1. The van der Waals surface area contributed by atoms with E-state index < -0.39 is 22.0 Å². The van der Waals surface area contributed by atoms with E-state index in [1.807, 2.05) is 24.3 Å². The Hall–Kier alpha value is -2.91. The second-order valence-corrected chi connectivity index (χ2v) is 10.4. The number of H-pyrrole nitrogens is 1. The zero-order valence-corrected chi connectivity index (χ0v) is 20.7. The lowest BCUT2D eigenvalue weighted by Crippen LogP contribution is -2.48. The average molecular weight is 534 g/mol. The molecule has 1 aromatic heterocycles. The maximum atomic E-state index is 13.2. The molecule has 0 aliphatic rings. The van der Waals surface area contributed by atoms with Crippen molar-refractivity contribution in [2.75, 3.05) is 6.54 Å². The van der Waals surface area contributed by atoms with Gasteiger partial charge in [-0.25, -0.2) is 12.8 Å². The van der Waals surface area contributed by atoms with Crippen molar-refractivity contribution < 1.29 is 17.6 Å². The van der Waals surface area contributed by atoms with Crippen LogP contribution in [0.1, 0.15) is 11.1 Å². The Kier molecular flexibility index (Phi) is 7.76. The lowest BCUT2D eigenvalue weighted by molar-refractivity contribution is -0.122. The second-order valence-electron chi connectivity index (χ2n) is 7.96. The first kappa shape index (κ1) is 25.2.